The largest absolute Gasteiger partial charge is 0.506 e. The van der Waals surface area contributed by atoms with Gasteiger partial charge in [-0.15, -0.1) is 0 Å². The van der Waals surface area contributed by atoms with Gasteiger partial charge in [0.25, 0.3) is 0 Å². The van der Waals surface area contributed by atoms with Crippen LogP contribution >= 0.6 is 23.2 Å². The van der Waals surface area contributed by atoms with E-state index in [1.165, 1.54) is 11.1 Å². The van der Waals surface area contributed by atoms with Crippen LogP contribution in [0.2, 0.25) is 10.0 Å². The second-order valence-corrected chi connectivity index (χ2v) is 10.8. The number of aliphatic hydroxyl groups excluding tert-OH is 1. The number of nitrogens with zero attached hydrogens (tertiary/aromatic N) is 1. The number of phenols is 1. The van der Waals surface area contributed by atoms with Gasteiger partial charge in [-0.25, -0.2) is 0 Å². The molecule has 5 nitrogen and oxygen atoms in total. The number of aliphatic hydroxyl groups is 1. The highest BCUT2D eigenvalue weighted by Gasteiger charge is 2.15. The van der Waals surface area contributed by atoms with Crippen LogP contribution in [-0.2, 0) is 24.0 Å². The maximum atomic E-state index is 10.9. The van der Waals surface area contributed by atoms with E-state index in [1.807, 2.05) is 48.5 Å². The lowest BCUT2D eigenvalue weighted by Crippen LogP contribution is -2.32. The highest BCUT2D eigenvalue weighted by atomic mass is 35.5. The fourth-order valence-electron chi connectivity index (χ4n) is 4.55. The Labute approximate surface area is 252 Å². The Morgan fingerprint density at radius 3 is 2.12 bits per heavy atom. The van der Waals surface area contributed by atoms with E-state index >= 15 is 0 Å². The predicted octanol–water partition coefficient (Wildman–Crippen LogP) is 7.16. The van der Waals surface area contributed by atoms with Gasteiger partial charge in [-0.05, 0) is 77.9 Å². The topological polar surface area (TPSA) is 62.2 Å². The number of phenolic OH excluding ortho intramolecular Hbond substituents is 1. The van der Waals surface area contributed by atoms with Crippen molar-refractivity contribution in [3.05, 3.63) is 129 Å². The van der Waals surface area contributed by atoms with Crippen molar-refractivity contribution in [2.24, 2.45) is 0 Å². The van der Waals surface area contributed by atoms with Gasteiger partial charge in [0.1, 0.15) is 18.1 Å². The SMILES string of the molecule is Oc1ccc(CCN(CCc2ccc(OCCOCCc3ccccc3)cc2)CC(O)c2cccc(Cl)c2)cc1Cl. The third-order valence-electron chi connectivity index (χ3n) is 6.91. The van der Waals surface area contributed by atoms with E-state index in [2.05, 4.69) is 29.2 Å². The minimum absolute atomic E-state index is 0.0756. The molecule has 4 aromatic rings. The number of ether oxygens (including phenoxy) is 2. The molecule has 2 N–H and O–H groups in total. The minimum atomic E-state index is -0.664. The van der Waals surface area contributed by atoms with Gasteiger partial charge in [0.05, 0.1) is 24.3 Å². The van der Waals surface area contributed by atoms with Crippen molar-refractivity contribution in [1.29, 1.82) is 0 Å². The van der Waals surface area contributed by atoms with E-state index in [-0.39, 0.29) is 5.75 Å². The Balaban J connectivity index is 1.25. The zero-order valence-electron chi connectivity index (χ0n) is 23.1. The average Bonchev–Trinajstić information content (AvgIpc) is 2.99. The van der Waals surface area contributed by atoms with Crippen molar-refractivity contribution in [2.45, 2.75) is 25.4 Å². The van der Waals surface area contributed by atoms with E-state index in [9.17, 15) is 10.2 Å². The summed E-state index contributed by atoms with van der Waals surface area (Å²) in [5.41, 5.74) is 4.28. The van der Waals surface area contributed by atoms with Crippen molar-refractivity contribution in [1.82, 2.24) is 4.90 Å². The fraction of sp³-hybridized carbons (Fsp3) is 0.294. The van der Waals surface area contributed by atoms with E-state index in [4.69, 9.17) is 32.7 Å². The fourth-order valence-corrected chi connectivity index (χ4v) is 4.95. The van der Waals surface area contributed by atoms with Gasteiger partial charge < -0.3 is 19.7 Å². The van der Waals surface area contributed by atoms with Gasteiger partial charge in [0.2, 0.25) is 0 Å². The molecule has 0 fully saturated rings. The van der Waals surface area contributed by atoms with Crippen LogP contribution in [0.15, 0.2) is 97.1 Å². The molecular weight excluding hydrogens is 557 g/mol. The number of halogens is 2. The first-order valence-electron chi connectivity index (χ1n) is 13.9. The Hall–Kier alpha value is -3.06. The van der Waals surface area contributed by atoms with Crippen LogP contribution in [-0.4, -0.2) is 54.6 Å². The maximum Gasteiger partial charge on any atom is 0.134 e. The van der Waals surface area contributed by atoms with Gasteiger partial charge in [-0.3, -0.25) is 4.90 Å². The third-order valence-corrected chi connectivity index (χ3v) is 7.45. The Bertz CT molecular complexity index is 1330. The Kier molecular flexibility index (Phi) is 12.4. The van der Waals surface area contributed by atoms with Crippen LogP contribution in [0.1, 0.15) is 28.4 Å². The molecule has 216 valence electrons. The average molecular weight is 595 g/mol. The monoisotopic (exact) mass is 593 g/mol. The predicted molar refractivity (Wildman–Crippen MR) is 166 cm³/mol. The molecule has 0 saturated heterocycles. The number of benzene rings is 4. The standard InChI is InChI=1S/C34H37Cl2NO4/c35-30-8-4-7-29(24-30)34(39)25-37(19-16-28-11-14-33(38)32(36)23-28)18-15-27-9-12-31(13-10-27)41-22-21-40-20-17-26-5-2-1-3-6-26/h1-14,23-24,34,38-39H,15-22,25H2. The number of hydrogen-bond acceptors (Lipinski definition) is 5. The normalized spacial score (nSPS) is 12.0. The summed E-state index contributed by atoms with van der Waals surface area (Å²) in [5, 5.41) is 21.6. The second-order valence-electron chi connectivity index (χ2n) is 10.00. The minimum Gasteiger partial charge on any atom is -0.506 e. The van der Waals surface area contributed by atoms with Crippen molar-refractivity contribution in [3.63, 3.8) is 0 Å². The quantitative estimate of drug-likeness (QED) is 0.135. The second kappa shape index (κ2) is 16.4. The highest BCUT2D eigenvalue weighted by Crippen LogP contribution is 2.24. The number of rotatable bonds is 16. The molecule has 41 heavy (non-hydrogen) atoms. The Morgan fingerprint density at radius 2 is 1.39 bits per heavy atom. The molecule has 1 unspecified atom stereocenters. The smallest absolute Gasteiger partial charge is 0.134 e. The summed E-state index contributed by atoms with van der Waals surface area (Å²) in [6, 6.07) is 31.1. The summed E-state index contributed by atoms with van der Waals surface area (Å²) >= 11 is 12.3. The molecule has 0 heterocycles. The number of aromatic hydroxyl groups is 1. The van der Waals surface area contributed by atoms with E-state index in [0.29, 0.717) is 36.4 Å². The third kappa shape index (κ3) is 10.7. The summed E-state index contributed by atoms with van der Waals surface area (Å²) in [6.45, 7) is 3.69. The molecule has 0 saturated carbocycles. The Morgan fingerprint density at radius 1 is 0.683 bits per heavy atom. The molecule has 4 rings (SSSR count). The molecule has 0 aliphatic rings. The lowest BCUT2D eigenvalue weighted by atomic mass is 10.1. The van der Waals surface area contributed by atoms with Crippen LogP contribution in [0.4, 0.5) is 0 Å². The molecule has 4 aromatic carbocycles. The molecule has 0 aliphatic heterocycles. The zero-order valence-corrected chi connectivity index (χ0v) is 24.6. The van der Waals surface area contributed by atoms with Crippen LogP contribution in [0.3, 0.4) is 0 Å². The number of hydrogen-bond donors (Lipinski definition) is 2. The van der Waals surface area contributed by atoms with Crippen molar-refractivity contribution in [2.75, 3.05) is 39.5 Å². The molecule has 0 bridgehead atoms. The molecular formula is C34H37Cl2NO4. The molecule has 0 aliphatic carbocycles. The van der Waals surface area contributed by atoms with E-state index < -0.39 is 6.10 Å². The molecule has 7 heteroatoms. The first-order chi connectivity index (χ1) is 20.0. The van der Waals surface area contributed by atoms with Gasteiger partial charge in [-0.1, -0.05) is 83.9 Å². The van der Waals surface area contributed by atoms with Crippen LogP contribution in [0, 0.1) is 0 Å². The summed E-state index contributed by atoms with van der Waals surface area (Å²) < 4.78 is 11.6. The summed E-state index contributed by atoms with van der Waals surface area (Å²) in [5.74, 6) is 0.893. The van der Waals surface area contributed by atoms with Crippen molar-refractivity contribution >= 4 is 23.2 Å². The molecule has 1 atom stereocenters. The lowest BCUT2D eigenvalue weighted by molar-refractivity contribution is 0.102. The summed E-state index contributed by atoms with van der Waals surface area (Å²) in [6.07, 6.45) is 1.79. The highest BCUT2D eigenvalue weighted by molar-refractivity contribution is 6.32. The summed E-state index contributed by atoms with van der Waals surface area (Å²) in [4.78, 5) is 2.24. The molecule has 0 amide bonds. The van der Waals surface area contributed by atoms with Gasteiger partial charge in [0, 0.05) is 24.7 Å². The first-order valence-corrected chi connectivity index (χ1v) is 14.7. The molecule has 0 radical (unpaired) electrons. The van der Waals surface area contributed by atoms with Crippen LogP contribution in [0.25, 0.3) is 0 Å². The molecule has 0 aromatic heterocycles. The van der Waals surface area contributed by atoms with Crippen molar-refractivity contribution in [3.8, 4) is 11.5 Å². The summed E-state index contributed by atoms with van der Waals surface area (Å²) in [7, 11) is 0. The van der Waals surface area contributed by atoms with Gasteiger partial charge in [-0.2, -0.15) is 0 Å². The van der Waals surface area contributed by atoms with Gasteiger partial charge in [0.15, 0.2) is 0 Å². The first kappa shape index (κ1) is 30.9. The van der Waals surface area contributed by atoms with Crippen LogP contribution < -0.4 is 4.74 Å². The van der Waals surface area contributed by atoms with Crippen molar-refractivity contribution < 1.29 is 19.7 Å². The van der Waals surface area contributed by atoms with Crippen LogP contribution in [0.5, 0.6) is 11.5 Å². The maximum absolute atomic E-state index is 10.9. The zero-order chi connectivity index (χ0) is 28.9. The van der Waals surface area contributed by atoms with E-state index in [1.54, 1.807) is 24.3 Å². The lowest BCUT2D eigenvalue weighted by Gasteiger charge is -2.25. The molecule has 0 spiro atoms. The van der Waals surface area contributed by atoms with Gasteiger partial charge >= 0.3 is 0 Å². The van der Waals surface area contributed by atoms with E-state index in [0.717, 1.165) is 49.2 Å².